The van der Waals surface area contributed by atoms with E-state index in [1.165, 1.54) is 6.07 Å². The first-order valence-electron chi connectivity index (χ1n) is 14.0. The van der Waals surface area contributed by atoms with E-state index in [0.717, 1.165) is 32.5 Å². The lowest BCUT2D eigenvalue weighted by Crippen LogP contribution is -2.57. The highest BCUT2D eigenvalue weighted by Gasteiger charge is 2.55. The summed E-state index contributed by atoms with van der Waals surface area (Å²) in [7, 11) is 3.43. The van der Waals surface area contributed by atoms with Gasteiger partial charge in [0.25, 0.3) is 0 Å². The Morgan fingerprint density at radius 3 is 2.05 bits per heavy atom. The maximum Gasteiger partial charge on any atom is 0.236 e. The Labute approximate surface area is 256 Å². The molecule has 0 N–H and O–H groups in total. The van der Waals surface area contributed by atoms with Crippen molar-refractivity contribution in [1.82, 2.24) is 4.90 Å². The van der Waals surface area contributed by atoms with Crippen LogP contribution in [0.3, 0.4) is 0 Å². The highest BCUT2D eigenvalue weighted by atomic mass is 79.9. The van der Waals surface area contributed by atoms with Crippen LogP contribution in [0.15, 0.2) is 107 Å². The molecule has 0 saturated carbocycles. The Hall–Kier alpha value is -3.77. The van der Waals surface area contributed by atoms with Crippen LogP contribution in [0.4, 0.5) is 4.39 Å². The summed E-state index contributed by atoms with van der Waals surface area (Å²) in [5, 5.41) is 0. The second-order valence-electron chi connectivity index (χ2n) is 11.8. The van der Waals surface area contributed by atoms with Crippen LogP contribution in [0.2, 0.25) is 0 Å². The molecule has 0 aromatic heterocycles. The maximum atomic E-state index is 15.5. The fourth-order valence-corrected chi connectivity index (χ4v) is 6.48. The third-order valence-electron chi connectivity index (χ3n) is 9.07. The predicted octanol–water partition coefficient (Wildman–Crippen LogP) is 8.44. The van der Waals surface area contributed by atoms with E-state index in [4.69, 9.17) is 9.73 Å². The Kier molecular flexibility index (Phi) is 7.88. The molecule has 1 heterocycles. The number of carbonyl (C=O) groups is 1. The van der Waals surface area contributed by atoms with E-state index in [1.807, 2.05) is 51.1 Å². The van der Waals surface area contributed by atoms with Crippen molar-refractivity contribution < 1.29 is 13.9 Å². The van der Waals surface area contributed by atoms with Gasteiger partial charge in [-0.05, 0) is 74.7 Å². The molecule has 0 bridgehead atoms. The standard InChI is InChI=1S/C36H36BrFN2O2/c1-24-12-14-26(15-13-24)36(25-10-8-7-9-11-25,27-16-19-29(42-6)20-17-27)23-32-39-35(4,34(2,3)33(41)40(32)5)30-22-28(37)18-21-31(30)38/h7-22H,23H2,1-6H3/t35-,36?/m1/s1. The SMILES string of the molecule is COc1ccc(C(CC2=N[C@](C)(c3cc(Br)ccc3F)C(C)(C)C(=O)N2C)(c2ccccc2)c2ccc(C)cc2)cc1. The minimum absolute atomic E-state index is 0.116. The largest absolute Gasteiger partial charge is 0.497 e. The fourth-order valence-electron chi connectivity index (χ4n) is 6.12. The number of aryl methyl sites for hydroxylation is 1. The van der Waals surface area contributed by atoms with Gasteiger partial charge in [-0.1, -0.05) is 88.2 Å². The van der Waals surface area contributed by atoms with Gasteiger partial charge in [-0.25, -0.2) is 4.39 Å². The number of amidine groups is 1. The summed E-state index contributed by atoms with van der Waals surface area (Å²) >= 11 is 3.50. The molecule has 0 radical (unpaired) electrons. The van der Waals surface area contributed by atoms with Gasteiger partial charge in [0.15, 0.2) is 0 Å². The van der Waals surface area contributed by atoms with E-state index in [0.29, 0.717) is 17.8 Å². The lowest BCUT2D eigenvalue weighted by Gasteiger charge is -2.49. The van der Waals surface area contributed by atoms with Gasteiger partial charge in [0.05, 0.1) is 17.9 Å². The number of benzene rings is 4. The molecule has 0 fully saturated rings. The average Bonchev–Trinajstić information content (AvgIpc) is 3.00. The molecule has 5 rings (SSSR count). The Bertz CT molecular complexity index is 1630. The van der Waals surface area contributed by atoms with Gasteiger partial charge in [0.2, 0.25) is 5.91 Å². The van der Waals surface area contributed by atoms with Crippen molar-refractivity contribution >= 4 is 27.7 Å². The van der Waals surface area contributed by atoms with E-state index in [2.05, 4.69) is 71.4 Å². The zero-order valence-electron chi connectivity index (χ0n) is 24.9. The summed E-state index contributed by atoms with van der Waals surface area (Å²) in [4.78, 5) is 21.1. The van der Waals surface area contributed by atoms with Crippen LogP contribution in [0, 0.1) is 18.2 Å². The number of halogens is 2. The molecule has 1 aliphatic rings. The Morgan fingerprint density at radius 1 is 0.881 bits per heavy atom. The Balaban J connectivity index is 1.81. The van der Waals surface area contributed by atoms with Crippen LogP contribution in [-0.2, 0) is 15.7 Å². The lowest BCUT2D eigenvalue weighted by atomic mass is 9.64. The summed E-state index contributed by atoms with van der Waals surface area (Å²) in [6.07, 6.45) is 0.371. The number of rotatable bonds is 7. The molecule has 42 heavy (non-hydrogen) atoms. The number of methoxy groups -OCH3 is 1. The van der Waals surface area contributed by atoms with Gasteiger partial charge in [0.1, 0.15) is 22.9 Å². The second kappa shape index (κ2) is 11.1. The maximum absolute atomic E-state index is 15.5. The number of aliphatic imine (C=N–C) groups is 1. The van der Waals surface area contributed by atoms with Crippen LogP contribution in [-0.4, -0.2) is 30.8 Å². The zero-order chi connectivity index (χ0) is 30.3. The molecule has 4 aromatic carbocycles. The van der Waals surface area contributed by atoms with Crippen LogP contribution < -0.4 is 4.74 Å². The molecule has 2 atom stereocenters. The molecular formula is C36H36BrFN2O2. The van der Waals surface area contributed by atoms with Crippen LogP contribution in [0.1, 0.15) is 55.0 Å². The van der Waals surface area contributed by atoms with Gasteiger partial charge in [0, 0.05) is 23.5 Å². The van der Waals surface area contributed by atoms with E-state index < -0.39 is 22.2 Å². The van der Waals surface area contributed by atoms with Gasteiger partial charge < -0.3 is 9.64 Å². The van der Waals surface area contributed by atoms with Crippen molar-refractivity contribution in [3.8, 4) is 5.75 Å². The first-order chi connectivity index (χ1) is 19.9. The van der Waals surface area contributed by atoms with E-state index in [-0.39, 0.29) is 5.91 Å². The van der Waals surface area contributed by atoms with Gasteiger partial charge in [-0.3, -0.25) is 9.79 Å². The number of hydrogen-bond donors (Lipinski definition) is 0. The van der Waals surface area contributed by atoms with Crippen LogP contribution in [0.25, 0.3) is 0 Å². The number of nitrogens with zero attached hydrogens (tertiary/aromatic N) is 2. The zero-order valence-corrected chi connectivity index (χ0v) is 26.5. The highest BCUT2D eigenvalue weighted by molar-refractivity contribution is 9.10. The number of carbonyl (C=O) groups excluding carboxylic acids is 1. The van der Waals surface area contributed by atoms with Crippen molar-refractivity contribution in [3.05, 3.63) is 135 Å². The van der Waals surface area contributed by atoms with Gasteiger partial charge in [-0.15, -0.1) is 0 Å². The highest BCUT2D eigenvalue weighted by Crippen LogP contribution is 2.50. The number of hydrogen-bond acceptors (Lipinski definition) is 3. The minimum Gasteiger partial charge on any atom is -0.497 e. The monoisotopic (exact) mass is 626 g/mol. The van der Waals surface area contributed by atoms with Crippen molar-refractivity contribution in [1.29, 1.82) is 0 Å². The number of amides is 1. The first-order valence-corrected chi connectivity index (χ1v) is 14.8. The molecule has 216 valence electrons. The van der Waals surface area contributed by atoms with Crippen LogP contribution >= 0.6 is 15.9 Å². The van der Waals surface area contributed by atoms with E-state index in [1.54, 1.807) is 31.2 Å². The molecule has 0 aliphatic carbocycles. The van der Waals surface area contributed by atoms with Crippen molar-refractivity contribution in [3.63, 3.8) is 0 Å². The molecule has 4 aromatic rings. The Morgan fingerprint density at radius 2 is 1.45 bits per heavy atom. The molecule has 4 nitrogen and oxygen atoms in total. The predicted molar refractivity (Wildman–Crippen MR) is 171 cm³/mol. The first kappa shape index (κ1) is 29.7. The van der Waals surface area contributed by atoms with Gasteiger partial charge in [-0.2, -0.15) is 0 Å². The molecule has 1 aliphatic heterocycles. The smallest absolute Gasteiger partial charge is 0.236 e. The quantitative estimate of drug-likeness (QED) is 0.193. The van der Waals surface area contributed by atoms with E-state index in [9.17, 15) is 4.79 Å². The summed E-state index contributed by atoms with van der Waals surface area (Å²) < 4.78 is 21.7. The van der Waals surface area contributed by atoms with Crippen molar-refractivity contribution in [2.24, 2.45) is 10.4 Å². The summed E-state index contributed by atoms with van der Waals surface area (Å²) in [6.45, 7) is 7.63. The van der Waals surface area contributed by atoms with E-state index >= 15 is 4.39 Å². The minimum atomic E-state index is -1.16. The topological polar surface area (TPSA) is 41.9 Å². The lowest BCUT2D eigenvalue weighted by molar-refractivity contribution is -0.140. The van der Waals surface area contributed by atoms with Gasteiger partial charge >= 0.3 is 0 Å². The summed E-state index contributed by atoms with van der Waals surface area (Å²) in [5.74, 6) is 0.833. The fraction of sp³-hybridized carbons (Fsp3) is 0.278. The average molecular weight is 628 g/mol. The third kappa shape index (κ3) is 4.86. The second-order valence-corrected chi connectivity index (χ2v) is 12.7. The molecule has 0 spiro atoms. The van der Waals surface area contributed by atoms with Crippen LogP contribution in [0.5, 0.6) is 5.75 Å². The molecule has 0 saturated heterocycles. The molecular weight excluding hydrogens is 591 g/mol. The normalized spacial score (nSPS) is 19.7. The third-order valence-corrected chi connectivity index (χ3v) is 9.56. The number of ether oxygens (including phenoxy) is 1. The molecule has 1 unspecified atom stereocenters. The summed E-state index contributed by atoms with van der Waals surface area (Å²) in [5.41, 5.74) is 1.80. The molecule has 1 amide bonds. The van der Waals surface area contributed by atoms with Crippen molar-refractivity contribution in [2.45, 2.75) is 45.1 Å². The van der Waals surface area contributed by atoms with Crippen molar-refractivity contribution in [2.75, 3.05) is 14.2 Å². The molecule has 6 heteroatoms. The summed E-state index contributed by atoms with van der Waals surface area (Å²) in [6, 6.07) is 31.7.